The number of esters is 2. The molecule has 19 heavy (non-hydrogen) atoms. The van der Waals surface area contributed by atoms with Crippen molar-refractivity contribution in [2.75, 3.05) is 0 Å². The van der Waals surface area contributed by atoms with E-state index in [1.165, 1.54) is 6.20 Å². The summed E-state index contributed by atoms with van der Waals surface area (Å²) in [6.45, 7) is 0. The number of hydrogen-bond donors (Lipinski definition) is 1. The lowest BCUT2D eigenvalue weighted by Crippen LogP contribution is -2.35. The summed E-state index contributed by atoms with van der Waals surface area (Å²) in [6.07, 6.45) is 1.79. The lowest BCUT2D eigenvalue weighted by molar-refractivity contribution is -0.139. The molecule has 1 atom stereocenters. The molecule has 6 heteroatoms. The number of carbonyl (C=O) groups is 2. The second-order valence-electron chi connectivity index (χ2n) is 3.84. The zero-order chi connectivity index (χ0) is 13.7. The smallest absolute Gasteiger partial charge is 0.375 e. The van der Waals surface area contributed by atoms with Crippen molar-refractivity contribution in [1.82, 2.24) is 4.98 Å². The van der Waals surface area contributed by atoms with Gasteiger partial charge in [-0.15, -0.1) is 11.3 Å². The summed E-state index contributed by atoms with van der Waals surface area (Å²) in [5.41, 5.74) is 6.62. The second kappa shape index (κ2) is 6.21. The van der Waals surface area contributed by atoms with Crippen molar-refractivity contribution >= 4 is 23.3 Å². The lowest BCUT2D eigenvalue weighted by atomic mass is 10.1. The van der Waals surface area contributed by atoms with Gasteiger partial charge in [0.15, 0.2) is 0 Å². The van der Waals surface area contributed by atoms with Gasteiger partial charge < -0.3 is 10.5 Å². The minimum Gasteiger partial charge on any atom is -0.386 e. The van der Waals surface area contributed by atoms with E-state index in [4.69, 9.17) is 5.73 Å². The maximum absolute atomic E-state index is 11.7. The monoisotopic (exact) mass is 276 g/mol. The maximum Gasteiger partial charge on any atom is 0.375 e. The molecular formula is C13H12N2O3S. The molecule has 2 rings (SSSR count). The fourth-order valence-electron chi connectivity index (χ4n) is 1.49. The minimum atomic E-state index is -0.869. The Labute approximate surface area is 114 Å². The molecule has 2 aromatic rings. The predicted octanol–water partition coefficient (Wildman–Crippen LogP) is 1.40. The van der Waals surface area contributed by atoms with Crippen molar-refractivity contribution in [3.63, 3.8) is 0 Å². The van der Waals surface area contributed by atoms with Crippen LogP contribution < -0.4 is 5.73 Å². The van der Waals surface area contributed by atoms with Crippen LogP contribution in [0.3, 0.4) is 0 Å². The molecule has 0 bridgehead atoms. The third-order valence-corrected chi connectivity index (χ3v) is 3.15. The number of ether oxygens (including phenoxy) is 1. The van der Waals surface area contributed by atoms with Crippen LogP contribution in [0.1, 0.15) is 15.4 Å². The van der Waals surface area contributed by atoms with Gasteiger partial charge in [-0.05, 0) is 12.0 Å². The van der Waals surface area contributed by atoms with Gasteiger partial charge >= 0.3 is 11.9 Å². The Morgan fingerprint density at radius 2 is 2.05 bits per heavy atom. The highest BCUT2D eigenvalue weighted by Gasteiger charge is 2.21. The molecule has 1 heterocycles. The number of rotatable bonds is 4. The van der Waals surface area contributed by atoms with Gasteiger partial charge in [-0.25, -0.2) is 14.6 Å². The Hall–Kier alpha value is -2.05. The van der Waals surface area contributed by atoms with Crippen LogP contribution in [-0.2, 0) is 16.0 Å². The fourth-order valence-corrected chi connectivity index (χ4v) is 2.00. The highest BCUT2D eigenvalue weighted by molar-refractivity contribution is 7.11. The average Bonchev–Trinajstić information content (AvgIpc) is 2.93. The lowest BCUT2D eigenvalue weighted by Gasteiger charge is -2.09. The van der Waals surface area contributed by atoms with E-state index in [1.807, 2.05) is 30.3 Å². The van der Waals surface area contributed by atoms with Crippen molar-refractivity contribution < 1.29 is 14.3 Å². The van der Waals surface area contributed by atoms with Gasteiger partial charge in [0.05, 0.1) is 0 Å². The molecule has 0 unspecified atom stereocenters. The normalized spacial score (nSPS) is 11.8. The van der Waals surface area contributed by atoms with Crippen LogP contribution in [0.25, 0.3) is 0 Å². The maximum atomic E-state index is 11.7. The van der Waals surface area contributed by atoms with Crippen LogP contribution in [0.4, 0.5) is 0 Å². The molecule has 2 N–H and O–H groups in total. The van der Waals surface area contributed by atoms with Crippen LogP contribution in [-0.4, -0.2) is 23.0 Å². The average molecular weight is 276 g/mol. The number of nitrogens with two attached hydrogens (primary N) is 1. The summed E-state index contributed by atoms with van der Waals surface area (Å²) in [5.74, 6) is -1.51. The molecule has 0 radical (unpaired) electrons. The Morgan fingerprint density at radius 1 is 1.32 bits per heavy atom. The molecule has 0 saturated heterocycles. The highest BCUT2D eigenvalue weighted by Crippen LogP contribution is 2.08. The molecule has 1 aromatic heterocycles. The molecule has 0 saturated carbocycles. The van der Waals surface area contributed by atoms with E-state index in [1.54, 1.807) is 5.38 Å². The summed E-state index contributed by atoms with van der Waals surface area (Å²) < 4.78 is 4.67. The van der Waals surface area contributed by atoms with Gasteiger partial charge in [0.1, 0.15) is 6.04 Å². The minimum absolute atomic E-state index is 0.139. The van der Waals surface area contributed by atoms with E-state index in [0.717, 1.165) is 16.9 Å². The largest absolute Gasteiger partial charge is 0.386 e. The van der Waals surface area contributed by atoms with Crippen molar-refractivity contribution in [2.45, 2.75) is 12.5 Å². The zero-order valence-corrected chi connectivity index (χ0v) is 10.8. The van der Waals surface area contributed by atoms with Gasteiger partial charge in [-0.3, -0.25) is 0 Å². The molecule has 0 aliphatic carbocycles. The summed E-state index contributed by atoms with van der Waals surface area (Å²) >= 11 is 1.11. The molecule has 1 aromatic carbocycles. The molecule has 98 valence electrons. The van der Waals surface area contributed by atoms with Crippen LogP contribution in [0.5, 0.6) is 0 Å². The van der Waals surface area contributed by atoms with Gasteiger partial charge in [0.25, 0.3) is 0 Å². The van der Waals surface area contributed by atoms with Gasteiger partial charge in [-0.2, -0.15) is 0 Å². The number of nitrogens with zero attached hydrogens (tertiary/aromatic N) is 1. The van der Waals surface area contributed by atoms with Crippen LogP contribution in [0.2, 0.25) is 0 Å². The van der Waals surface area contributed by atoms with E-state index in [-0.39, 0.29) is 5.01 Å². The number of carbonyl (C=O) groups excluding carboxylic acids is 2. The molecule has 5 nitrogen and oxygen atoms in total. The second-order valence-corrected chi connectivity index (χ2v) is 4.74. The fraction of sp³-hybridized carbons (Fsp3) is 0.154. The van der Waals surface area contributed by atoms with Crippen molar-refractivity contribution in [1.29, 1.82) is 0 Å². The van der Waals surface area contributed by atoms with Crippen LogP contribution in [0.15, 0.2) is 41.9 Å². The first-order chi connectivity index (χ1) is 9.16. The summed E-state index contributed by atoms with van der Waals surface area (Å²) in [6, 6.07) is 8.43. The standard InChI is InChI=1S/C13H12N2O3S/c14-10(8-9-4-2-1-3-5-9)12(16)18-13(17)11-15-6-7-19-11/h1-7,10H,8,14H2/t10-/m0/s1. The molecule has 0 aliphatic rings. The SMILES string of the molecule is N[C@@H](Cc1ccccc1)C(=O)OC(=O)c1nccs1. The van der Waals surface area contributed by atoms with Gasteiger partial charge in [0, 0.05) is 11.6 Å². The van der Waals surface area contributed by atoms with Crippen LogP contribution in [0, 0.1) is 0 Å². The van der Waals surface area contributed by atoms with Crippen LogP contribution >= 0.6 is 11.3 Å². The molecule has 0 fully saturated rings. The highest BCUT2D eigenvalue weighted by atomic mass is 32.1. The first kappa shape index (κ1) is 13.4. The Bertz CT molecular complexity index is 555. The van der Waals surface area contributed by atoms with Crippen molar-refractivity contribution in [3.05, 3.63) is 52.5 Å². The van der Waals surface area contributed by atoms with E-state index in [2.05, 4.69) is 9.72 Å². The Kier molecular flexibility index (Phi) is 4.38. The van der Waals surface area contributed by atoms with E-state index in [9.17, 15) is 9.59 Å². The zero-order valence-electron chi connectivity index (χ0n) is 9.98. The summed E-state index contributed by atoms with van der Waals surface area (Å²) in [5, 5.41) is 1.77. The quantitative estimate of drug-likeness (QED) is 0.674. The van der Waals surface area contributed by atoms with E-state index >= 15 is 0 Å². The number of thiazole rings is 1. The van der Waals surface area contributed by atoms with E-state index in [0.29, 0.717) is 6.42 Å². The Balaban J connectivity index is 1.91. The third kappa shape index (κ3) is 3.70. The topological polar surface area (TPSA) is 82.3 Å². The first-order valence-corrected chi connectivity index (χ1v) is 6.50. The summed E-state index contributed by atoms with van der Waals surface area (Å²) in [4.78, 5) is 26.9. The molecule has 0 amide bonds. The number of hydrogen-bond acceptors (Lipinski definition) is 6. The molecular weight excluding hydrogens is 264 g/mol. The first-order valence-electron chi connectivity index (χ1n) is 5.62. The Morgan fingerprint density at radius 3 is 2.68 bits per heavy atom. The van der Waals surface area contributed by atoms with Gasteiger partial charge in [0.2, 0.25) is 5.01 Å². The molecule has 0 spiro atoms. The summed E-state index contributed by atoms with van der Waals surface area (Å²) in [7, 11) is 0. The van der Waals surface area contributed by atoms with Gasteiger partial charge in [-0.1, -0.05) is 30.3 Å². The number of benzene rings is 1. The van der Waals surface area contributed by atoms with E-state index < -0.39 is 18.0 Å². The third-order valence-electron chi connectivity index (χ3n) is 2.40. The predicted molar refractivity (Wildman–Crippen MR) is 70.7 cm³/mol. The van der Waals surface area contributed by atoms with Crippen molar-refractivity contribution in [3.8, 4) is 0 Å². The van der Waals surface area contributed by atoms with Crippen molar-refractivity contribution in [2.24, 2.45) is 5.73 Å². The molecule has 0 aliphatic heterocycles. The number of aromatic nitrogens is 1.